The Labute approximate surface area is 99.0 Å². The molecule has 0 bridgehead atoms. The Kier molecular flexibility index (Phi) is 2.33. The molecule has 0 atom stereocenters. The number of aromatic nitrogens is 1. The number of aliphatic imine (C=N–C) groups is 1. The van der Waals surface area contributed by atoms with Crippen LogP contribution in [-0.2, 0) is 6.54 Å². The van der Waals surface area contributed by atoms with Gasteiger partial charge in [-0.2, -0.15) is 0 Å². The molecule has 0 saturated heterocycles. The molecule has 0 saturated carbocycles. The second-order valence-corrected chi connectivity index (χ2v) is 4.51. The number of para-hydroxylation sites is 1. The maximum absolute atomic E-state index is 4.66. The molecule has 0 spiro atoms. The van der Waals surface area contributed by atoms with Crippen LogP contribution in [0.1, 0.15) is 11.3 Å². The van der Waals surface area contributed by atoms with E-state index in [1.807, 2.05) is 0 Å². The van der Waals surface area contributed by atoms with Gasteiger partial charge in [0, 0.05) is 6.20 Å². The Morgan fingerprint density at radius 3 is 2.94 bits per heavy atom. The van der Waals surface area contributed by atoms with E-state index in [-0.39, 0.29) is 0 Å². The van der Waals surface area contributed by atoms with Gasteiger partial charge in [0.05, 0.1) is 17.9 Å². The first-order valence-corrected chi connectivity index (χ1v) is 6.47. The zero-order chi connectivity index (χ0) is 11.0. The summed E-state index contributed by atoms with van der Waals surface area (Å²) < 4.78 is 2.22. The lowest BCUT2D eigenvalue weighted by molar-refractivity contribution is 1.02. The van der Waals surface area contributed by atoms with E-state index in [0.29, 0.717) is 0 Å². The highest BCUT2D eigenvalue weighted by molar-refractivity contribution is 8.13. The summed E-state index contributed by atoms with van der Waals surface area (Å²) in [6.45, 7) is 0.772. The van der Waals surface area contributed by atoms with E-state index in [2.05, 4.69) is 58.4 Å². The van der Waals surface area contributed by atoms with Crippen molar-refractivity contribution in [2.45, 2.75) is 6.54 Å². The van der Waals surface area contributed by atoms with Gasteiger partial charge in [-0.05, 0) is 30.0 Å². The highest BCUT2D eigenvalue weighted by atomic mass is 32.2. The number of benzene rings is 1. The van der Waals surface area contributed by atoms with Crippen molar-refractivity contribution >= 4 is 16.8 Å². The van der Waals surface area contributed by atoms with Crippen LogP contribution in [0.4, 0.5) is 0 Å². The highest BCUT2D eigenvalue weighted by Gasteiger charge is 2.15. The number of hydrogen-bond acceptors (Lipinski definition) is 2. The van der Waals surface area contributed by atoms with Crippen LogP contribution in [0.25, 0.3) is 5.69 Å². The molecule has 1 aromatic carbocycles. The lowest BCUT2D eigenvalue weighted by atomic mass is 10.2. The van der Waals surface area contributed by atoms with Crippen LogP contribution in [0.3, 0.4) is 0 Å². The summed E-state index contributed by atoms with van der Waals surface area (Å²) in [5.41, 5.74) is 3.72. The van der Waals surface area contributed by atoms with E-state index in [9.17, 15) is 0 Å². The SMILES string of the molecule is CSC1=NCc2ccccc2-n2cccc21. The zero-order valence-corrected chi connectivity index (χ0v) is 9.87. The second-order valence-electron chi connectivity index (χ2n) is 3.72. The predicted octanol–water partition coefficient (Wildman–Crippen LogP) is 3.10. The van der Waals surface area contributed by atoms with Gasteiger partial charge in [0.25, 0.3) is 0 Å². The van der Waals surface area contributed by atoms with E-state index in [4.69, 9.17) is 0 Å². The summed E-state index contributed by atoms with van der Waals surface area (Å²) in [6, 6.07) is 12.6. The first kappa shape index (κ1) is 9.73. The van der Waals surface area contributed by atoms with Crippen molar-refractivity contribution in [1.82, 2.24) is 4.57 Å². The number of fused-ring (bicyclic) bond motifs is 3. The molecular weight excluding hydrogens is 216 g/mol. The van der Waals surface area contributed by atoms with Gasteiger partial charge >= 0.3 is 0 Å². The van der Waals surface area contributed by atoms with E-state index in [1.54, 1.807) is 11.8 Å². The molecule has 0 aliphatic carbocycles. The summed E-state index contributed by atoms with van der Waals surface area (Å²) in [5, 5.41) is 1.11. The minimum absolute atomic E-state index is 0.772. The zero-order valence-electron chi connectivity index (χ0n) is 9.05. The first-order valence-electron chi connectivity index (χ1n) is 5.24. The summed E-state index contributed by atoms with van der Waals surface area (Å²) in [7, 11) is 0. The van der Waals surface area contributed by atoms with Crippen LogP contribution in [-0.4, -0.2) is 15.9 Å². The molecule has 0 fully saturated rings. The van der Waals surface area contributed by atoms with Gasteiger partial charge in [0.15, 0.2) is 0 Å². The van der Waals surface area contributed by atoms with Gasteiger partial charge in [-0.25, -0.2) is 0 Å². The van der Waals surface area contributed by atoms with Gasteiger partial charge < -0.3 is 4.57 Å². The molecule has 0 N–H and O–H groups in total. The van der Waals surface area contributed by atoms with Crippen molar-refractivity contribution < 1.29 is 0 Å². The summed E-state index contributed by atoms with van der Waals surface area (Å²) >= 11 is 1.71. The fraction of sp³-hybridized carbons (Fsp3) is 0.154. The lowest BCUT2D eigenvalue weighted by Crippen LogP contribution is -2.02. The molecular formula is C13H12N2S. The first-order chi connectivity index (χ1) is 7.90. The van der Waals surface area contributed by atoms with E-state index in [1.165, 1.54) is 16.9 Å². The normalized spacial score (nSPS) is 13.7. The van der Waals surface area contributed by atoms with Gasteiger partial charge in [0.1, 0.15) is 5.04 Å². The summed E-state index contributed by atoms with van der Waals surface area (Å²) in [5.74, 6) is 0. The molecule has 1 aliphatic rings. The average Bonchev–Trinajstić information content (AvgIpc) is 2.74. The molecule has 0 amide bonds. The molecule has 3 heteroatoms. The molecule has 0 radical (unpaired) electrons. The van der Waals surface area contributed by atoms with Gasteiger partial charge in [-0.1, -0.05) is 18.2 Å². The highest BCUT2D eigenvalue weighted by Crippen LogP contribution is 2.25. The van der Waals surface area contributed by atoms with Crippen molar-refractivity contribution in [1.29, 1.82) is 0 Å². The fourth-order valence-corrected chi connectivity index (χ4v) is 2.62. The third-order valence-electron chi connectivity index (χ3n) is 2.81. The molecule has 16 heavy (non-hydrogen) atoms. The summed E-state index contributed by atoms with van der Waals surface area (Å²) in [4.78, 5) is 4.66. The molecule has 1 aliphatic heterocycles. The molecule has 2 heterocycles. The third-order valence-corrected chi connectivity index (χ3v) is 3.53. The van der Waals surface area contributed by atoms with Crippen molar-refractivity contribution in [3.63, 3.8) is 0 Å². The van der Waals surface area contributed by atoms with Gasteiger partial charge in [0.2, 0.25) is 0 Å². The molecule has 2 nitrogen and oxygen atoms in total. The van der Waals surface area contributed by atoms with Gasteiger partial charge in [-0.15, -0.1) is 11.8 Å². The smallest absolute Gasteiger partial charge is 0.115 e. The largest absolute Gasteiger partial charge is 0.314 e. The Hall–Kier alpha value is -1.48. The monoisotopic (exact) mass is 228 g/mol. The molecule has 80 valence electrons. The Morgan fingerprint density at radius 2 is 2.06 bits per heavy atom. The molecule has 3 rings (SSSR count). The number of nitrogens with zero attached hydrogens (tertiary/aromatic N) is 2. The second kappa shape index (κ2) is 3.83. The Balaban J connectivity index is 2.28. The number of rotatable bonds is 0. The molecule has 2 aromatic rings. The van der Waals surface area contributed by atoms with Crippen molar-refractivity contribution in [2.75, 3.05) is 6.26 Å². The number of thioether (sulfide) groups is 1. The minimum atomic E-state index is 0.772. The van der Waals surface area contributed by atoms with E-state index < -0.39 is 0 Å². The minimum Gasteiger partial charge on any atom is -0.314 e. The summed E-state index contributed by atoms with van der Waals surface area (Å²) in [6.07, 6.45) is 4.18. The predicted molar refractivity (Wildman–Crippen MR) is 69.5 cm³/mol. The maximum Gasteiger partial charge on any atom is 0.115 e. The molecule has 1 aromatic heterocycles. The van der Waals surface area contributed by atoms with Gasteiger partial charge in [-0.3, -0.25) is 4.99 Å². The van der Waals surface area contributed by atoms with Crippen LogP contribution < -0.4 is 0 Å². The fourth-order valence-electron chi connectivity index (χ4n) is 2.05. The van der Waals surface area contributed by atoms with Crippen molar-refractivity contribution in [3.05, 3.63) is 53.9 Å². The quantitative estimate of drug-likeness (QED) is 0.677. The number of hydrogen-bond donors (Lipinski definition) is 0. The van der Waals surface area contributed by atoms with E-state index >= 15 is 0 Å². The maximum atomic E-state index is 4.66. The standard InChI is InChI=1S/C13H12N2S/c1-16-13-12-7-4-8-15(12)11-6-3-2-5-10(11)9-14-13/h2-8H,9H2,1H3. The lowest BCUT2D eigenvalue weighted by Gasteiger charge is -2.09. The third kappa shape index (κ3) is 1.39. The van der Waals surface area contributed by atoms with Crippen LogP contribution in [0.2, 0.25) is 0 Å². The Bertz CT molecular complexity index is 555. The van der Waals surface area contributed by atoms with Crippen LogP contribution in [0.5, 0.6) is 0 Å². The average molecular weight is 228 g/mol. The van der Waals surface area contributed by atoms with Crippen LogP contribution in [0.15, 0.2) is 47.6 Å². The van der Waals surface area contributed by atoms with Crippen LogP contribution >= 0.6 is 11.8 Å². The topological polar surface area (TPSA) is 17.3 Å². The Morgan fingerprint density at radius 1 is 1.19 bits per heavy atom. The van der Waals surface area contributed by atoms with Crippen molar-refractivity contribution in [3.8, 4) is 5.69 Å². The molecule has 0 unspecified atom stereocenters. The van der Waals surface area contributed by atoms with Crippen molar-refractivity contribution in [2.24, 2.45) is 4.99 Å². The van der Waals surface area contributed by atoms with E-state index in [0.717, 1.165) is 11.6 Å². The van der Waals surface area contributed by atoms with Crippen LogP contribution in [0, 0.1) is 0 Å².